The van der Waals surface area contributed by atoms with Crippen molar-refractivity contribution in [3.63, 3.8) is 0 Å². The van der Waals surface area contributed by atoms with E-state index in [1.807, 2.05) is 0 Å². The minimum Gasteiger partial charge on any atom is -0.481 e. The van der Waals surface area contributed by atoms with Crippen molar-refractivity contribution in [1.82, 2.24) is 0 Å². The summed E-state index contributed by atoms with van der Waals surface area (Å²) < 4.78 is 5.03. The monoisotopic (exact) mass is 206 g/mol. The highest BCUT2D eigenvalue weighted by atomic mass is 16.5. The highest BCUT2D eigenvalue weighted by Crippen LogP contribution is 2.18. The van der Waals surface area contributed by atoms with E-state index in [0.29, 0.717) is 17.6 Å². The van der Waals surface area contributed by atoms with Crippen molar-refractivity contribution in [1.29, 1.82) is 0 Å². The van der Waals surface area contributed by atoms with Crippen LogP contribution in [0.2, 0.25) is 0 Å². The van der Waals surface area contributed by atoms with Crippen LogP contribution in [0.5, 0.6) is 0 Å². The zero-order chi connectivity index (χ0) is 11.0. The van der Waals surface area contributed by atoms with E-state index < -0.39 is 19.0 Å². The third-order valence-electron chi connectivity index (χ3n) is 2.70. The van der Waals surface area contributed by atoms with Gasteiger partial charge in [0.15, 0.2) is 0 Å². The van der Waals surface area contributed by atoms with Gasteiger partial charge in [-0.3, -0.25) is 4.79 Å². The fraction of sp³-hybridized carbons (Fsp3) is 0.300. The summed E-state index contributed by atoms with van der Waals surface area (Å²) in [4.78, 5) is 10.8. The Hall–Kier alpha value is -1.33. The van der Waals surface area contributed by atoms with Gasteiger partial charge < -0.3 is 14.8 Å². The number of hydrogen-bond donors (Lipinski definition) is 2. The molecule has 2 rings (SSSR count). The molecule has 2 N–H and O–H groups in total. The molecule has 0 amide bonds. The Morgan fingerprint density at radius 1 is 1.60 bits per heavy atom. The first-order valence-electron chi connectivity index (χ1n) is 4.75. The second-order valence-electron chi connectivity index (χ2n) is 3.68. The van der Waals surface area contributed by atoms with Gasteiger partial charge in [0.25, 0.3) is 0 Å². The number of carboxylic acid groups (broad SMARTS) is 1. The number of aliphatic carboxylic acids is 1. The minimum absolute atomic E-state index is 0.387. The summed E-state index contributed by atoms with van der Waals surface area (Å²) in [5, 5.41) is 18.3. The van der Waals surface area contributed by atoms with Crippen LogP contribution >= 0.6 is 0 Å². The first-order chi connectivity index (χ1) is 7.09. The molecule has 0 saturated heterocycles. The van der Waals surface area contributed by atoms with E-state index in [-0.39, 0.29) is 0 Å². The molecule has 5 heteroatoms. The average molecular weight is 206 g/mol. The van der Waals surface area contributed by atoms with Gasteiger partial charge >= 0.3 is 13.1 Å². The highest BCUT2D eigenvalue weighted by molar-refractivity contribution is 6.61. The molecule has 0 unspecified atom stereocenters. The maximum atomic E-state index is 10.8. The van der Waals surface area contributed by atoms with Crippen molar-refractivity contribution in [3.8, 4) is 0 Å². The maximum absolute atomic E-state index is 10.8. The van der Waals surface area contributed by atoms with Gasteiger partial charge in [-0.15, -0.1) is 0 Å². The molecule has 0 aromatic heterocycles. The van der Waals surface area contributed by atoms with Crippen LogP contribution in [0.3, 0.4) is 0 Å². The predicted octanol–water partition coefficient (Wildman–Crippen LogP) is 0.0924. The first-order valence-corrected chi connectivity index (χ1v) is 4.75. The number of carbonyl (C=O) groups is 1. The van der Waals surface area contributed by atoms with E-state index in [9.17, 15) is 9.82 Å². The second kappa shape index (κ2) is 3.68. The quantitative estimate of drug-likeness (QED) is 0.673. The number of benzene rings is 1. The Balaban J connectivity index is 2.37. The lowest BCUT2D eigenvalue weighted by atomic mass is 9.78. The lowest BCUT2D eigenvalue weighted by molar-refractivity contribution is -0.138. The molecule has 0 radical (unpaired) electrons. The number of fused-ring (bicyclic) bond motifs is 1. The molecule has 0 aliphatic carbocycles. The van der Waals surface area contributed by atoms with E-state index in [4.69, 9.17) is 9.76 Å². The van der Waals surface area contributed by atoms with Crippen LogP contribution in [0.25, 0.3) is 0 Å². The highest BCUT2D eigenvalue weighted by Gasteiger charge is 2.28. The summed E-state index contributed by atoms with van der Waals surface area (Å²) in [6, 6.07) is 5.27. The van der Waals surface area contributed by atoms with Crippen molar-refractivity contribution >= 4 is 18.6 Å². The average Bonchev–Trinajstić information content (AvgIpc) is 2.59. The van der Waals surface area contributed by atoms with Crippen molar-refractivity contribution in [2.45, 2.75) is 19.4 Å². The van der Waals surface area contributed by atoms with E-state index in [0.717, 1.165) is 5.56 Å². The standard InChI is InChI=1S/C10H11BO4/c1-6(10(12)13)7-2-3-8-5-15-11(14)9(8)4-7/h2-4,6,14H,5H2,1H3,(H,12,13)/t6-/m1/s1. The van der Waals surface area contributed by atoms with Crippen molar-refractivity contribution in [3.05, 3.63) is 29.3 Å². The van der Waals surface area contributed by atoms with E-state index in [1.54, 1.807) is 25.1 Å². The third-order valence-corrected chi connectivity index (χ3v) is 2.70. The molecule has 0 spiro atoms. The molecular formula is C10H11BO4. The summed E-state index contributed by atoms with van der Waals surface area (Å²) in [6.45, 7) is 2.00. The Bertz CT molecular complexity index is 404. The van der Waals surface area contributed by atoms with Gasteiger partial charge in [-0.2, -0.15) is 0 Å². The zero-order valence-corrected chi connectivity index (χ0v) is 8.30. The van der Waals surface area contributed by atoms with E-state index in [1.165, 1.54) is 0 Å². The van der Waals surface area contributed by atoms with Gasteiger partial charge in [-0.1, -0.05) is 18.2 Å². The largest absolute Gasteiger partial charge is 0.491 e. The molecule has 0 saturated carbocycles. The van der Waals surface area contributed by atoms with Gasteiger partial charge in [0, 0.05) is 0 Å². The molecule has 1 heterocycles. The first kappa shape index (κ1) is 10.2. The van der Waals surface area contributed by atoms with Crippen LogP contribution in [0.4, 0.5) is 0 Å². The maximum Gasteiger partial charge on any atom is 0.491 e. The molecule has 1 aliphatic heterocycles. The van der Waals surface area contributed by atoms with Crippen LogP contribution in [0, 0.1) is 0 Å². The van der Waals surface area contributed by atoms with Crippen molar-refractivity contribution in [2.24, 2.45) is 0 Å². The molecule has 1 aromatic carbocycles. The number of carboxylic acids is 1. The molecule has 1 atom stereocenters. The van der Waals surface area contributed by atoms with Crippen LogP contribution in [0.15, 0.2) is 18.2 Å². The van der Waals surface area contributed by atoms with Gasteiger partial charge in [-0.05, 0) is 23.5 Å². The van der Waals surface area contributed by atoms with Gasteiger partial charge in [0.05, 0.1) is 12.5 Å². The van der Waals surface area contributed by atoms with Gasteiger partial charge in [-0.25, -0.2) is 0 Å². The summed E-state index contributed by atoms with van der Waals surface area (Å²) >= 11 is 0. The van der Waals surface area contributed by atoms with E-state index in [2.05, 4.69) is 0 Å². The zero-order valence-electron chi connectivity index (χ0n) is 8.30. The molecule has 15 heavy (non-hydrogen) atoms. The fourth-order valence-corrected chi connectivity index (χ4v) is 1.65. The molecule has 4 nitrogen and oxygen atoms in total. The number of hydrogen-bond acceptors (Lipinski definition) is 3. The normalized spacial score (nSPS) is 16.3. The molecule has 78 valence electrons. The van der Waals surface area contributed by atoms with Crippen LogP contribution in [-0.2, 0) is 16.1 Å². The summed E-state index contributed by atoms with van der Waals surface area (Å²) in [5.74, 6) is -1.44. The molecular weight excluding hydrogens is 195 g/mol. The molecule has 1 aromatic rings. The smallest absolute Gasteiger partial charge is 0.481 e. The lowest BCUT2D eigenvalue weighted by Gasteiger charge is -2.08. The Labute approximate surface area is 87.6 Å². The summed E-state index contributed by atoms with van der Waals surface area (Å²) in [6.07, 6.45) is 0. The molecule has 1 aliphatic rings. The van der Waals surface area contributed by atoms with Gasteiger partial charge in [0.1, 0.15) is 0 Å². The predicted molar refractivity (Wildman–Crippen MR) is 54.9 cm³/mol. The lowest BCUT2D eigenvalue weighted by Crippen LogP contribution is -2.28. The van der Waals surface area contributed by atoms with Crippen LogP contribution in [-0.4, -0.2) is 23.2 Å². The van der Waals surface area contributed by atoms with Crippen LogP contribution < -0.4 is 5.46 Å². The van der Waals surface area contributed by atoms with Crippen molar-refractivity contribution in [2.75, 3.05) is 0 Å². The SMILES string of the molecule is C[C@@H](C(=O)O)c1ccc2c(c1)B(O)OC2. The number of rotatable bonds is 2. The second-order valence-corrected chi connectivity index (χ2v) is 3.68. The Kier molecular flexibility index (Phi) is 2.50. The van der Waals surface area contributed by atoms with Gasteiger partial charge in [0.2, 0.25) is 0 Å². The third kappa shape index (κ3) is 1.76. The Morgan fingerprint density at radius 3 is 3.00 bits per heavy atom. The van der Waals surface area contributed by atoms with E-state index >= 15 is 0 Å². The molecule has 0 fully saturated rings. The van der Waals surface area contributed by atoms with Crippen LogP contribution in [0.1, 0.15) is 24.0 Å². The molecule has 0 bridgehead atoms. The summed E-state index contributed by atoms with van der Waals surface area (Å²) in [7, 11) is -0.916. The minimum atomic E-state index is -0.916. The Morgan fingerprint density at radius 2 is 2.33 bits per heavy atom. The topological polar surface area (TPSA) is 66.8 Å². The summed E-state index contributed by atoms with van der Waals surface area (Å²) in [5.41, 5.74) is 2.29. The van der Waals surface area contributed by atoms with Crippen molar-refractivity contribution < 1.29 is 19.6 Å². The fourth-order valence-electron chi connectivity index (χ4n) is 1.65.